The predicted molar refractivity (Wildman–Crippen MR) is 94.9 cm³/mol. The number of halogens is 1. The van der Waals surface area contributed by atoms with Gasteiger partial charge in [0, 0.05) is 18.0 Å². The van der Waals surface area contributed by atoms with Crippen LogP contribution in [0.3, 0.4) is 0 Å². The zero-order chi connectivity index (χ0) is 17.9. The summed E-state index contributed by atoms with van der Waals surface area (Å²) in [6.45, 7) is 1.93. The fourth-order valence-corrected chi connectivity index (χ4v) is 2.73. The Morgan fingerprint density at radius 3 is 2.76 bits per heavy atom. The van der Waals surface area contributed by atoms with E-state index in [0.717, 1.165) is 11.3 Å². The quantitative estimate of drug-likeness (QED) is 0.578. The van der Waals surface area contributed by atoms with E-state index in [9.17, 15) is 9.18 Å². The van der Waals surface area contributed by atoms with E-state index in [4.69, 9.17) is 5.41 Å². The minimum Gasteiger partial charge on any atom is -0.360 e. The predicted octanol–water partition coefficient (Wildman–Crippen LogP) is 3.28. The molecule has 1 aromatic heterocycles. The number of amidine groups is 1. The molecule has 1 saturated carbocycles. The first-order valence-corrected chi connectivity index (χ1v) is 8.01. The third-order valence-corrected chi connectivity index (χ3v) is 4.20. The van der Waals surface area contributed by atoms with Gasteiger partial charge in [0.25, 0.3) is 0 Å². The topological polar surface area (TPSA) is 77.9 Å². The van der Waals surface area contributed by atoms with Crippen LogP contribution in [0.4, 0.5) is 10.1 Å². The number of pyridine rings is 1. The fraction of sp³-hybridized carbons (Fsp3) is 0.211. The van der Waals surface area contributed by atoms with Crippen LogP contribution in [-0.2, 0) is 10.2 Å². The molecule has 25 heavy (non-hydrogen) atoms. The molecule has 0 spiro atoms. The number of aryl methyl sites for hydroxylation is 1. The molecule has 5 nitrogen and oxygen atoms in total. The molecule has 1 aliphatic rings. The summed E-state index contributed by atoms with van der Waals surface area (Å²) in [5.74, 6) is -0.781. The number of benzene rings is 1. The van der Waals surface area contributed by atoms with Gasteiger partial charge in [-0.3, -0.25) is 15.2 Å². The number of rotatable bonds is 5. The lowest BCUT2D eigenvalue weighted by atomic mass is 9.94. The Hall–Kier alpha value is -3.02. The van der Waals surface area contributed by atoms with Crippen LogP contribution in [0.25, 0.3) is 0 Å². The van der Waals surface area contributed by atoms with Gasteiger partial charge < -0.3 is 10.6 Å². The highest BCUT2D eigenvalue weighted by molar-refractivity contribution is 6.07. The Balaban J connectivity index is 1.60. The van der Waals surface area contributed by atoms with Crippen LogP contribution < -0.4 is 10.6 Å². The molecule has 128 valence electrons. The van der Waals surface area contributed by atoms with Gasteiger partial charge in [-0.05, 0) is 43.5 Å². The normalized spacial score (nSPS) is 15.0. The molecule has 3 N–H and O–H groups in total. The number of aromatic nitrogens is 1. The average Bonchev–Trinajstić information content (AvgIpc) is 3.37. The lowest BCUT2D eigenvalue weighted by molar-refractivity contribution is -0.122. The Bertz CT molecular complexity index is 843. The highest BCUT2D eigenvalue weighted by Crippen LogP contribution is 2.49. The lowest BCUT2D eigenvalue weighted by Gasteiger charge is -2.16. The fourth-order valence-electron chi connectivity index (χ4n) is 2.73. The van der Waals surface area contributed by atoms with Gasteiger partial charge >= 0.3 is 0 Å². The Labute approximate surface area is 145 Å². The number of carbonyl (C=O) groups excluding carboxylic acids is 1. The maximum absolute atomic E-state index is 14.0. The third kappa shape index (κ3) is 3.74. The molecule has 1 aliphatic carbocycles. The zero-order valence-corrected chi connectivity index (χ0v) is 13.8. The number of hydrogen-bond donors (Lipinski definition) is 3. The smallest absolute Gasteiger partial charge is 0.236 e. The summed E-state index contributed by atoms with van der Waals surface area (Å²) in [6, 6.07) is 8.22. The van der Waals surface area contributed by atoms with Crippen LogP contribution in [0.2, 0.25) is 0 Å². The molecule has 0 saturated heterocycles. The molecular formula is C19H19FN4O. The van der Waals surface area contributed by atoms with Crippen molar-refractivity contribution in [2.24, 2.45) is 0 Å². The van der Waals surface area contributed by atoms with Crippen molar-refractivity contribution in [3.63, 3.8) is 0 Å². The second-order valence-electron chi connectivity index (χ2n) is 6.16. The van der Waals surface area contributed by atoms with E-state index < -0.39 is 5.41 Å². The van der Waals surface area contributed by atoms with Crippen LogP contribution in [0.5, 0.6) is 0 Å². The summed E-state index contributed by atoms with van der Waals surface area (Å²) in [7, 11) is 0. The van der Waals surface area contributed by atoms with Crippen molar-refractivity contribution in [2.45, 2.75) is 25.2 Å². The van der Waals surface area contributed by atoms with Gasteiger partial charge in [0.2, 0.25) is 5.91 Å². The standard InChI is InChI=1S/C19H19FN4O/c1-13-10-14(12-22-11-13)23-9-6-17(21)24-18(25)19(7-8-19)15-4-2-3-5-16(15)20/h2-6,9-12,23H,7-8H2,1H3,(H2,21,24,25)/b9-6-. The van der Waals surface area contributed by atoms with Crippen molar-refractivity contribution in [3.05, 3.63) is 71.9 Å². The number of hydrogen-bond acceptors (Lipinski definition) is 4. The van der Waals surface area contributed by atoms with E-state index in [2.05, 4.69) is 15.6 Å². The molecule has 1 fully saturated rings. The summed E-state index contributed by atoms with van der Waals surface area (Å²) in [4.78, 5) is 16.5. The molecular weight excluding hydrogens is 319 g/mol. The van der Waals surface area contributed by atoms with Gasteiger partial charge in [-0.15, -0.1) is 0 Å². The van der Waals surface area contributed by atoms with Crippen molar-refractivity contribution < 1.29 is 9.18 Å². The van der Waals surface area contributed by atoms with E-state index in [1.54, 1.807) is 36.8 Å². The van der Waals surface area contributed by atoms with Gasteiger partial charge in [0.1, 0.15) is 11.7 Å². The number of amides is 1. The number of nitrogens with one attached hydrogen (secondary N) is 3. The minimum atomic E-state index is -0.848. The maximum Gasteiger partial charge on any atom is 0.236 e. The Morgan fingerprint density at radius 1 is 1.32 bits per heavy atom. The molecule has 1 amide bonds. The molecule has 0 radical (unpaired) electrons. The van der Waals surface area contributed by atoms with Gasteiger partial charge in [-0.1, -0.05) is 18.2 Å². The van der Waals surface area contributed by atoms with Crippen molar-refractivity contribution in [3.8, 4) is 0 Å². The first kappa shape index (κ1) is 16.8. The third-order valence-electron chi connectivity index (χ3n) is 4.20. The molecule has 1 aromatic carbocycles. The van der Waals surface area contributed by atoms with Crippen LogP contribution in [-0.4, -0.2) is 16.7 Å². The summed E-state index contributed by atoms with van der Waals surface area (Å²) < 4.78 is 14.0. The monoisotopic (exact) mass is 338 g/mol. The van der Waals surface area contributed by atoms with Crippen molar-refractivity contribution in [2.75, 3.05) is 5.32 Å². The van der Waals surface area contributed by atoms with Crippen molar-refractivity contribution in [1.29, 1.82) is 5.41 Å². The van der Waals surface area contributed by atoms with Crippen LogP contribution in [0.15, 0.2) is 55.0 Å². The van der Waals surface area contributed by atoms with Gasteiger partial charge in [-0.2, -0.15) is 0 Å². The van der Waals surface area contributed by atoms with E-state index in [-0.39, 0.29) is 17.6 Å². The van der Waals surface area contributed by atoms with E-state index in [1.807, 2.05) is 13.0 Å². The molecule has 2 aromatic rings. The SMILES string of the molecule is Cc1cncc(N/C=C\C(=N)NC(=O)C2(c3ccccc3F)CC2)c1. The zero-order valence-electron chi connectivity index (χ0n) is 13.8. The van der Waals surface area contributed by atoms with E-state index >= 15 is 0 Å². The lowest BCUT2D eigenvalue weighted by Crippen LogP contribution is -2.38. The molecule has 0 unspecified atom stereocenters. The van der Waals surface area contributed by atoms with E-state index in [1.165, 1.54) is 12.1 Å². The average molecular weight is 338 g/mol. The van der Waals surface area contributed by atoms with Gasteiger partial charge in [0.15, 0.2) is 0 Å². The van der Waals surface area contributed by atoms with Crippen LogP contribution in [0, 0.1) is 18.2 Å². The number of anilines is 1. The molecule has 0 bridgehead atoms. The Morgan fingerprint density at radius 2 is 2.08 bits per heavy atom. The van der Waals surface area contributed by atoms with Crippen LogP contribution in [0.1, 0.15) is 24.0 Å². The summed E-state index contributed by atoms with van der Waals surface area (Å²) in [5, 5.41) is 13.4. The minimum absolute atomic E-state index is 0.0549. The van der Waals surface area contributed by atoms with Crippen molar-refractivity contribution >= 4 is 17.4 Å². The number of carbonyl (C=O) groups is 1. The summed E-state index contributed by atoms with van der Waals surface area (Å²) >= 11 is 0. The summed E-state index contributed by atoms with van der Waals surface area (Å²) in [5.41, 5.74) is 1.36. The number of nitrogens with zero attached hydrogens (tertiary/aromatic N) is 1. The van der Waals surface area contributed by atoms with Crippen LogP contribution >= 0.6 is 0 Å². The maximum atomic E-state index is 14.0. The van der Waals surface area contributed by atoms with Gasteiger partial charge in [-0.25, -0.2) is 4.39 Å². The first-order valence-electron chi connectivity index (χ1n) is 8.01. The molecule has 0 atom stereocenters. The highest BCUT2D eigenvalue weighted by atomic mass is 19.1. The second kappa shape index (κ2) is 6.84. The highest BCUT2D eigenvalue weighted by Gasteiger charge is 2.52. The largest absolute Gasteiger partial charge is 0.360 e. The molecule has 0 aliphatic heterocycles. The van der Waals surface area contributed by atoms with Crippen molar-refractivity contribution in [1.82, 2.24) is 10.3 Å². The molecule has 6 heteroatoms. The molecule has 1 heterocycles. The van der Waals surface area contributed by atoms with E-state index in [0.29, 0.717) is 18.4 Å². The second-order valence-corrected chi connectivity index (χ2v) is 6.16. The first-order chi connectivity index (χ1) is 12.0. The summed E-state index contributed by atoms with van der Waals surface area (Å²) in [6.07, 6.45) is 7.58. The Kier molecular flexibility index (Phi) is 4.61. The van der Waals surface area contributed by atoms with Gasteiger partial charge in [0.05, 0.1) is 17.3 Å². The molecule has 3 rings (SSSR count).